The lowest BCUT2D eigenvalue weighted by atomic mass is 9.35. The third-order valence-electron chi connectivity index (χ3n) is 12.1. The molecule has 0 heterocycles. The largest absolute Gasteiger partial charge is 0.295 e. The molecule has 0 aromatic carbocycles. The van der Waals surface area contributed by atoms with Crippen molar-refractivity contribution in [1.29, 1.82) is 5.26 Å². The molecule has 0 aromatic heterocycles. The lowest BCUT2D eigenvalue weighted by Crippen LogP contribution is -2.66. The summed E-state index contributed by atoms with van der Waals surface area (Å²) in [5.41, 5.74) is -0.793. The van der Waals surface area contributed by atoms with Crippen molar-refractivity contribution < 1.29 is 14.4 Å². The molecule has 5 rings (SSSR count). The molecule has 0 saturated heterocycles. The summed E-state index contributed by atoms with van der Waals surface area (Å²) in [6.45, 7) is 15.3. The van der Waals surface area contributed by atoms with E-state index in [-0.39, 0.29) is 51.1 Å². The van der Waals surface area contributed by atoms with E-state index in [0.717, 1.165) is 50.5 Å². The van der Waals surface area contributed by atoms with E-state index in [9.17, 15) is 19.6 Å². The number of hydrogen-bond acceptors (Lipinski definition) is 5. The Labute approximate surface area is 215 Å². The van der Waals surface area contributed by atoms with Crippen LogP contribution in [0.3, 0.4) is 0 Å². The van der Waals surface area contributed by atoms with Gasteiger partial charge in [-0.3, -0.25) is 9.59 Å². The number of allylic oxidation sites excluding steroid dienone is 4. The number of carbonyl (C=O) groups is 2. The zero-order chi connectivity index (χ0) is 26.5. The molecule has 36 heavy (non-hydrogen) atoms. The first kappa shape index (κ1) is 25.3. The van der Waals surface area contributed by atoms with Crippen molar-refractivity contribution in [3.05, 3.63) is 23.3 Å². The fourth-order valence-corrected chi connectivity index (χ4v) is 9.89. The number of fused-ring (bicyclic) bond motifs is 7. The first-order chi connectivity index (χ1) is 16.6. The van der Waals surface area contributed by atoms with Crippen molar-refractivity contribution in [2.45, 2.75) is 99.0 Å². The van der Waals surface area contributed by atoms with Gasteiger partial charge in [-0.15, -0.1) is 0 Å². The predicted octanol–water partition coefficient (Wildman–Crippen LogP) is 6.29. The summed E-state index contributed by atoms with van der Waals surface area (Å²) in [6.07, 6.45) is 11.8. The summed E-state index contributed by atoms with van der Waals surface area (Å²) < 4.78 is 0. The minimum absolute atomic E-state index is 0.0173. The van der Waals surface area contributed by atoms with Crippen LogP contribution in [0.5, 0.6) is 0 Å². The highest BCUT2D eigenvalue weighted by molar-refractivity contribution is 6.04. The molecule has 192 valence electrons. The number of nitrogens with zero attached hydrogens (tertiary/aromatic N) is 2. The standard InChI is InChI=1S/C31H40N2O3/c1-26(2)10-12-31(33-18-34)13-11-30(7)24(20(31)16-26)21(35)14-23-28(5)15-19(17-32)25(36)27(3,4)22(28)8-9-29(23,30)6/h14-15,20,22,24H,8-13,16H2,1-7H3/t20-,22-,24?,28-,29+,30+,31-/m0/s1. The molecule has 0 aliphatic heterocycles. The fourth-order valence-electron chi connectivity index (χ4n) is 9.89. The number of nitriles is 1. The van der Waals surface area contributed by atoms with Gasteiger partial charge in [-0.25, -0.2) is 4.79 Å². The Bertz CT molecular complexity index is 1210. The molecule has 3 saturated carbocycles. The van der Waals surface area contributed by atoms with Crippen molar-refractivity contribution in [3.8, 4) is 6.07 Å². The normalized spacial score (nSPS) is 46.4. The molecule has 3 fully saturated rings. The Balaban J connectivity index is 1.71. The number of ketones is 2. The molecule has 5 aliphatic carbocycles. The van der Waals surface area contributed by atoms with Crippen LogP contribution in [0, 0.1) is 56.2 Å². The zero-order valence-corrected chi connectivity index (χ0v) is 23.0. The zero-order valence-electron chi connectivity index (χ0n) is 23.0. The molecule has 1 unspecified atom stereocenters. The number of isocyanates is 1. The van der Waals surface area contributed by atoms with E-state index in [0.29, 0.717) is 0 Å². The summed E-state index contributed by atoms with van der Waals surface area (Å²) >= 11 is 0. The van der Waals surface area contributed by atoms with Gasteiger partial charge >= 0.3 is 0 Å². The second-order valence-corrected chi connectivity index (χ2v) is 14.6. The third kappa shape index (κ3) is 2.94. The number of Topliss-reactive ketones (excluding diaryl/α,β-unsaturated/α-hetero) is 1. The maximum atomic E-state index is 14.3. The van der Waals surface area contributed by atoms with Crippen molar-refractivity contribution in [3.63, 3.8) is 0 Å². The van der Waals surface area contributed by atoms with Gasteiger partial charge in [0.2, 0.25) is 6.08 Å². The first-order valence-corrected chi connectivity index (χ1v) is 13.7. The molecule has 5 aliphatic rings. The van der Waals surface area contributed by atoms with Crippen LogP contribution in [0.15, 0.2) is 28.3 Å². The van der Waals surface area contributed by atoms with Crippen molar-refractivity contribution in [1.82, 2.24) is 0 Å². The smallest absolute Gasteiger partial charge is 0.235 e. The minimum atomic E-state index is -0.661. The van der Waals surface area contributed by atoms with Gasteiger partial charge in [-0.05, 0) is 79.1 Å². The van der Waals surface area contributed by atoms with Crippen molar-refractivity contribution in [2.75, 3.05) is 0 Å². The summed E-state index contributed by atoms with van der Waals surface area (Å²) in [4.78, 5) is 43.5. The van der Waals surface area contributed by atoms with E-state index in [1.54, 1.807) is 0 Å². The van der Waals surface area contributed by atoms with Crippen LogP contribution in [0.25, 0.3) is 0 Å². The summed E-state index contributed by atoms with van der Waals surface area (Å²) in [7, 11) is 0. The van der Waals surface area contributed by atoms with Gasteiger partial charge in [0.15, 0.2) is 11.6 Å². The molecular formula is C31H40N2O3. The van der Waals surface area contributed by atoms with E-state index in [1.165, 1.54) is 0 Å². The Morgan fingerprint density at radius 1 is 0.972 bits per heavy atom. The molecule has 0 N–H and O–H groups in total. The van der Waals surface area contributed by atoms with Crippen LogP contribution in [-0.2, 0) is 14.4 Å². The first-order valence-electron chi connectivity index (χ1n) is 13.7. The van der Waals surface area contributed by atoms with E-state index < -0.39 is 16.4 Å². The molecule has 0 bridgehead atoms. The van der Waals surface area contributed by atoms with Gasteiger partial charge in [0.05, 0.1) is 11.1 Å². The average Bonchev–Trinajstić information content (AvgIpc) is 2.79. The van der Waals surface area contributed by atoms with Gasteiger partial charge in [0, 0.05) is 16.7 Å². The van der Waals surface area contributed by atoms with Crippen LogP contribution in [-0.4, -0.2) is 23.2 Å². The van der Waals surface area contributed by atoms with E-state index >= 15 is 0 Å². The maximum Gasteiger partial charge on any atom is 0.235 e. The third-order valence-corrected chi connectivity index (χ3v) is 12.1. The number of aliphatic imine (C=N–C) groups is 1. The topological polar surface area (TPSA) is 87.4 Å². The molecule has 0 aromatic rings. The van der Waals surface area contributed by atoms with Gasteiger partial charge in [0.25, 0.3) is 0 Å². The average molecular weight is 489 g/mol. The van der Waals surface area contributed by atoms with E-state index in [2.05, 4.69) is 45.7 Å². The molecular weight excluding hydrogens is 448 g/mol. The van der Waals surface area contributed by atoms with Gasteiger partial charge < -0.3 is 0 Å². The molecule has 5 heteroatoms. The lowest BCUT2D eigenvalue weighted by Gasteiger charge is -2.68. The Hall–Kier alpha value is -2.31. The summed E-state index contributed by atoms with van der Waals surface area (Å²) in [5, 5.41) is 9.84. The van der Waals surface area contributed by atoms with Crippen LogP contribution in [0.4, 0.5) is 0 Å². The van der Waals surface area contributed by atoms with Crippen LogP contribution in [0.2, 0.25) is 0 Å². The van der Waals surface area contributed by atoms with Crippen LogP contribution >= 0.6 is 0 Å². The van der Waals surface area contributed by atoms with Crippen molar-refractivity contribution in [2.24, 2.45) is 49.8 Å². The fraction of sp³-hybridized carbons (Fsp3) is 0.742. The Kier molecular flexibility index (Phi) is 5.20. The number of rotatable bonds is 1. The van der Waals surface area contributed by atoms with Gasteiger partial charge in [-0.1, -0.05) is 60.1 Å². The van der Waals surface area contributed by atoms with Crippen molar-refractivity contribution >= 4 is 17.6 Å². The van der Waals surface area contributed by atoms with Crippen LogP contribution < -0.4 is 0 Å². The maximum absolute atomic E-state index is 14.3. The van der Waals surface area contributed by atoms with Gasteiger partial charge in [-0.2, -0.15) is 10.3 Å². The second kappa shape index (κ2) is 7.38. The number of hydrogen-bond donors (Lipinski definition) is 0. The lowest BCUT2D eigenvalue weighted by molar-refractivity contribution is -0.158. The Morgan fingerprint density at radius 2 is 1.64 bits per heavy atom. The van der Waals surface area contributed by atoms with E-state index in [1.807, 2.05) is 32.1 Å². The van der Waals surface area contributed by atoms with Crippen LogP contribution in [0.1, 0.15) is 93.4 Å². The SMILES string of the molecule is CC1(C)CC[C@]2(N=C=O)CC[C@]3(C)C(C(=O)C=C4[C@@]5(C)C=C(C#N)C(=O)C(C)(C)[C@@H]5CC[C@]43C)[C@@H]2C1. The highest BCUT2D eigenvalue weighted by Crippen LogP contribution is 2.73. The second-order valence-electron chi connectivity index (χ2n) is 14.6. The summed E-state index contributed by atoms with van der Waals surface area (Å²) in [5.74, 6) is -0.0844. The molecule has 0 spiro atoms. The molecule has 7 atom stereocenters. The quantitative estimate of drug-likeness (QED) is 0.320. The monoisotopic (exact) mass is 488 g/mol. The molecule has 5 nitrogen and oxygen atoms in total. The Morgan fingerprint density at radius 3 is 2.28 bits per heavy atom. The molecule has 0 radical (unpaired) electrons. The number of carbonyl (C=O) groups excluding carboxylic acids is 3. The minimum Gasteiger partial charge on any atom is -0.295 e. The highest BCUT2D eigenvalue weighted by Gasteiger charge is 2.70. The predicted molar refractivity (Wildman–Crippen MR) is 137 cm³/mol. The van der Waals surface area contributed by atoms with Gasteiger partial charge in [0.1, 0.15) is 6.07 Å². The summed E-state index contributed by atoms with van der Waals surface area (Å²) in [6, 6.07) is 2.17. The highest BCUT2D eigenvalue weighted by atomic mass is 16.1. The van der Waals surface area contributed by atoms with E-state index in [4.69, 9.17) is 0 Å². The molecule has 0 amide bonds.